The van der Waals surface area contributed by atoms with E-state index >= 15 is 0 Å². The third kappa shape index (κ3) is 4.84. The van der Waals surface area contributed by atoms with Gasteiger partial charge in [0.1, 0.15) is 0 Å². The SMILES string of the molecule is CC(=Cc1ccc(C)cc1C)c1ccc(N(c2ccc(C)cc2)c2ccc(C)cc2)cc1. The molecule has 0 aromatic heterocycles. The maximum atomic E-state index is 2.31. The van der Waals surface area contributed by atoms with E-state index in [1.54, 1.807) is 0 Å². The Morgan fingerprint density at radius 3 is 1.47 bits per heavy atom. The monoisotopic (exact) mass is 417 g/mol. The lowest BCUT2D eigenvalue weighted by Crippen LogP contribution is -2.09. The van der Waals surface area contributed by atoms with Crippen LogP contribution in [-0.4, -0.2) is 0 Å². The van der Waals surface area contributed by atoms with Crippen LogP contribution >= 0.6 is 0 Å². The number of anilines is 3. The van der Waals surface area contributed by atoms with Gasteiger partial charge in [-0.25, -0.2) is 0 Å². The highest BCUT2D eigenvalue weighted by Gasteiger charge is 2.12. The second kappa shape index (κ2) is 9.28. The van der Waals surface area contributed by atoms with Gasteiger partial charge in [-0.15, -0.1) is 0 Å². The van der Waals surface area contributed by atoms with Crippen LogP contribution in [0, 0.1) is 27.7 Å². The van der Waals surface area contributed by atoms with Crippen LogP contribution in [-0.2, 0) is 0 Å². The van der Waals surface area contributed by atoms with Crippen LogP contribution < -0.4 is 4.90 Å². The van der Waals surface area contributed by atoms with Crippen molar-refractivity contribution in [3.05, 3.63) is 124 Å². The average Bonchev–Trinajstić information content (AvgIpc) is 2.79. The third-order valence-electron chi connectivity index (χ3n) is 5.96. The van der Waals surface area contributed by atoms with E-state index in [4.69, 9.17) is 0 Å². The summed E-state index contributed by atoms with van der Waals surface area (Å²) >= 11 is 0. The fourth-order valence-electron chi connectivity index (χ4n) is 4.01. The highest BCUT2D eigenvalue weighted by molar-refractivity contribution is 5.83. The van der Waals surface area contributed by atoms with E-state index in [0.717, 1.165) is 17.1 Å². The van der Waals surface area contributed by atoms with Gasteiger partial charge in [-0.1, -0.05) is 77.4 Å². The Kier molecular flexibility index (Phi) is 6.28. The molecule has 0 fully saturated rings. The predicted octanol–water partition coefficient (Wildman–Crippen LogP) is 8.95. The molecule has 1 nitrogen and oxygen atoms in total. The van der Waals surface area contributed by atoms with Crippen molar-refractivity contribution in [3.63, 3.8) is 0 Å². The lowest BCUT2D eigenvalue weighted by atomic mass is 10.00. The highest BCUT2D eigenvalue weighted by Crippen LogP contribution is 2.35. The molecule has 0 aliphatic rings. The lowest BCUT2D eigenvalue weighted by molar-refractivity contribution is 1.27. The zero-order chi connectivity index (χ0) is 22.7. The molecule has 0 aliphatic heterocycles. The minimum Gasteiger partial charge on any atom is -0.311 e. The molecule has 0 saturated heterocycles. The largest absolute Gasteiger partial charge is 0.311 e. The first kappa shape index (κ1) is 21.6. The van der Waals surface area contributed by atoms with Crippen LogP contribution in [0.5, 0.6) is 0 Å². The molecule has 32 heavy (non-hydrogen) atoms. The maximum Gasteiger partial charge on any atom is 0.0462 e. The minimum atomic E-state index is 1.15. The third-order valence-corrected chi connectivity index (χ3v) is 5.96. The molecule has 4 rings (SSSR count). The van der Waals surface area contributed by atoms with Gasteiger partial charge in [0.2, 0.25) is 0 Å². The Bertz CT molecular complexity index is 1180. The Balaban J connectivity index is 1.69. The molecule has 4 aromatic rings. The standard InChI is InChI=1S/C31H31N/c1-22-7-14-29(15-8-22)32(30-16-9-23(2)10-17-30)31-18-12-27(13-19-31)26(5)21-28-11-6-24(3)20-25(28)4/h6-21H,1-5H3. The van der Waals surface area contributed by atoms with E-state index in [-0.39, 0.29) is 0 Å². The molecule has 0 bridgehead atoms. The van der Waals surface area contributed by atoms with Crippen LogP contribution in [0.25, 0.3) is 11.6 Å². The van der Waals surface area contributed by atoms with Crippen molar-refractivity contribution in [3.8, 4) is 0 Å². The second-order valence-corrected chi connectivity index (χ2v) is 8.74. The number of hydrogen-bond donors (Lipinski definition) is 0. The van der Waals surface area contributed by atoms with Crippen LogP contribution in [0.4, 0.5) is 17.1 Å². The van der Waals surface area contributed by atoms with Crippen LogP contribution in [0.2, 0.25) is 0 Å². The summed E-state index contributed by atoms with van der Waals surface area (Å²) in [4.78, 5) is 2.31. The highest BCUT2D eigenvalue weighted by atomic mass is 15.1. The fraction of sp³-hybridized carbons (Fsp3) is 0.161. The summed E-state index contributed by atoms with van der Waals surface area (Å²) < 4.78 is 0. The van der Waals surface area contributed by atoms with Gasteiger partial charge in [0.25, 0.3) is 0 Å². The van der Waals surface area contributed by atoms with Gasteiger partial charge in [-0.05, 0) is 93.3 Å². The van der Waals surface area contributed by atoms with Crippen molar-refractivity contribution in [1.82, 2.24) is 0 Å². The van der Waals surface area contributed by atoms with Crippen molar-refractivity contribution in [2.75, 3.05) is 4.90 Å². The molecule has 160 valence electrons. The van der Waals surface area contributed by atoms with E-state index in [0.29, 0.717) is 0 Å². The maximum absolute atomic E-state index is 2.31. The molecular weight excluding hydrogens is 386 g/mol. The molecule has 0 radical (unpaired) electrons. The first-order chi connectivity index (χ1) is 15.4. The smallest absolute Gasteiger partial charge is 0.0462 e. The summed E-state index contributed by atoms with van der Waals surface area (Å²) in [5.74, 6) is 0. The molecule has 0 saturated carbocycles. The van der Waals surface area contributed by atoms with Gasteiger partial charge in [0.05, 0.1) is 0 Å². The number of nitrogens with zero attached hydrogens (tertiary/aromatic N) is 1. The number of rotatable bonds is 5. The number of hydrogen-bond acceptors (Lipinski definition) is 1. The normalized spacial score (nSPS) is 11.5. The Morgan fingerprint density at radius 1 is 0.562 bits per heavy atom. The first-order valence-corrected chi connectivity index (χ1v) is 11.2. The van der Waals surface area contributed by atoms with Gasteiger partial charge in [-0.3, -0.25) is 0 Å². The van der Waals surface area contributed by atoms with Gasteiger partial charge in [0, 0.05) is 17.1 Å². The van der Waals surface area contributed by atoms with Crippen LogP contribution in [0.1, 0.15) is 40.3 Å². The first-order valence-electron chi connectivity index (χ1n) is 11.2. The van der Waals surface area contributed by atoms with E-state index in [9.17, 15) is 0 Å². The predicted molar refractivity (Wildman–Crippen MR) is 140 cm³/mol. The fourth-order valence-corrected chi connectivity index (χ4v) is 4.01. The van der Waals surface area contributed by atoms with Gasteiger partial charge < -0.3 is 4.90 Å². The molecule has 4 aromatic carbocycles. The van der Waals surface area contributed by atoms with Crippen LogP contribution in [0.3, 0.4) is 0 Å². The summed E-state index contributed by atoms with van der Waals surface area (Å²) in [7, 11) is 0. The Morgan fingerprint density at radius 2 is 1.00 bits per heavy atom. The zero-order valence-electron chi connectivity index (χ0n) is 19.7. The van der Waals surface area contributed by atoms with Crippen molar-refractivity contribution in [2.24, 2.45) is 0 Å². The molecule has 0 heterocycles. The average molecular weight is 418 g/mol. The van der Waals surface area contributed by atoms with Crippen LogP contribution in [0.15, 0.2) is 91.0 Å². The lowest BCUT2D eigenvalue weighted by Gasteiger charge is -2.26. The van der Waals surface area contributed by atoms with Gasteiger partial charge in [0.15, 0.2) is 0 Å². The Hall–Kier alpha value is -3.58. The molecule has 0 atom stereocenters. The van der Waals surface area contributed by atoms with Crippen molar-refractivity contribution in [1.29, 1.82) is 0 Å². The summed E-state index contributed by atoms with van der Waals surface area (Å²) in [6.07, 6.45) is 2.28. The molecule has 0 N–H and O–H groups in total. The topological polar surface area (TPSA) is 3.24 Å². The molecule has 0 aliphatic carbocycles. The molecule has 0 unspecified atom stereocenters. The molecule has 0 spiro atoms. The molecule has 1 heteroatoms. The summed E-state index contributed by atoms with van der Waals surface area (Å²) in [5.41, 5.74) is 12.4. The van der Waals surface area contributed by atoms with Crippen molar-refractivity contribution >= 4 is 28.7 Å². The quantitative estimate of drug-likeness (QED) is 0.293. The van der Waals surface area contributed by atoms with Crippen molar-refractivity contribution in [2.45, 2.75) is 34.6 Å². The Labute approximate surface area is 192 Å². The number of aryl methyl sites for hydroxylation is 4. The van der Waals surface area contributed by atoms with E-state index < -0.39 is 0 Å². The summed E-state index contributed by atoms with van der Waals surface area (Å²) in [6.45, 7) is 10.8. The summed E-state index contributed by atoms with van der Waals surface area (Å²) in [5, 5.41) is 0. The zero-order valence-corrected chi connectivity index (χ0v) is 19.7. The van der Waals surface area contributed by atoms with E-state index in [1.165, 1.54) is 39.0 Å². The van der Waals surface area contributed by atoms with Crippen molar-refractivity contribution < 1.29 is 0 Å². The number of benzene rings is 4. The molecule has 0 amide bonds. The van der Waals surface area contributed by atoms with Gasteiger partial charge in [-0.2, -0.15) is 0 Å². The molecular formula is C31H31N. The second-order valence-electron chi connectivity index (χ2n) is 8.74. The van der Waals surface area contributed by atoms with E-state index in [2.05, 4.69) is 137 Å². The minimum absolute atomic E-state index is 1.15. The van der Waals surface area contributed by atoms with E-state index in [1.807, 2.05) is 0 Å². The number of allylic oxidation sites excluding steroid dienone is 1. The van der Waals surface area contributed by atoms with Gasteiger partial charge >= 0.3 is 0 Å². The summed E-state index contributed by atoms with van der Waals surface area (Å²) in [6, 6.07) is 32.9.